The summed E-state index contributed by atoms with van der Waals surface area (Å²) in [5, 5.41) is 10.8. The smallest absolute Gasteiger partial charge is 0.339 e. The van der Waals surface area contributed by atoms with E-state index in [4.69, 9.17) is 5.11 Å². The topological polar surface area (TPSA) is 62.2 Å². The molecule has 104 valence electrons. The standard InChI is InChI=1S/C12H6F4N2O2/c13-6-4-7(14)9(16)10(8(6)15)18-11-5(12(19)20)2-1-3-17-11/h1-4H,(H,17,18)(H,19,20). The number of hydrogen-bond donors (Lipinski definition) is 2. The van der Waals surface area contributed by atoms with Gasteiger partial charge in [0.2, 0.25) is 0 Å². The molecule has 0 aliphatic heterocycles. The zero-order valence-electron chi connectivity index (χ0n) is 9.62. The van der Waals surface area contributed by atoms with Crippen LogP contribution in [-0.2, 0) is 0 Å². The minimum absolute atomic E-state index is 0.0480. The van der Waals surface area contributed by atoms with Crippen molar-refractivity contribution in [2.75, 3.05) is 5.32 Å². The number of rotatable bonds is 3. The molecule has 0 atom stereocenters. The third kappa shape index (κ3) is 2.40. The molecule has 0 unspecified atom stereocenters. The monoisotopic (exact) mass is 286 g/mol. The first-order chi connectivity index (χ1) is 9.41. The number of hydrogen-bond acceptors (Lipinski definition) is 3. The number of nitrogens with zero attached hydrogens (tertiary/aromatic N) is 1. The molecule has 0 spiro atoms. The van der Waals surface area contributed by atoms with Crippen molar-refractivity contribution in [1.82, 2.24) is 4.98 Å². The highest BCUT2D eigenvalue weighted by atomic mass is 19.2. The van der Waals surface area contributed by atoms with E-state index in [1.165, 1.54) is 6.07 Å². The predicted octanol–water partition coefficient (Wildman–Crippen LogP) is 3.08. The molecule has 1 aromatic carbocycles. The summed E-state index contributed by atoms with van der Waals surface area (Å²) in [6, 6.07) is 2.45. The van der Waals surface area contributed by atoms with Gasteiger partial charge < -0.3 is 10.4 Å². The summed E-state index contributed by atoms with van der Waals surface area (Å²) in [5.74, 6) is -8.43. The van der Waals surface area contributed by atoms with Gasteiger partial charge in [0.15, 0.2) is 23.3 Å². The van der Waals surface area contributed by atoms with E-state index in [0.29, 0.717) is 0 Å². The van der Waals surface area contributed by atoms with Crippen LogP contribution < -0.4 is 5.32 Å². The Morgan fingerprint density at radius 1 is 1.15 bits per heavy atom. The summed E-state index contributed by atoms with van der Waals surface area (Å²) in [7, 11) is 0. The molecular formula is C12H6F4N2O2. The average molecular weight is 286 g/mol. The fourth-order valence-corrected chi connectivity index (χ4v) is 1.48. The number of benzene rings is 1. The largest absolute Gasteiger partial charge is 0.478 e. The number of carboxylic acid groups (broad SMARTS) is 1. The minimum Gasteiger partial charge on any atom is -0.478 e. The minimum atomic E-state index is -1.68. The van der Waals surface area contributed by atoms with E-state index in [1.54, 1.807) is 0 Å². The third-order valence-electron chi connectivity index (χ3n) is 2.39. The van der Waals surface area contributed by atoms with Gasteiger partial charge in [-0.1, -0.05) is 0 Å². The second-order valence-corrected chi connectivity index (χ2v) is 3.67. The Kier molecular flexibility index (Phi) is 3.55. The van der Waals surface area contributed by atoms with Crippen LogP contribution >= 0.6 is 0 Å². The molecule has 0 bridgehead atoms. The van der Waals surface area contributed by atoms with Gasteiger partial charge in [-0.05, 0) is 12.1 Å². The Morgan fingerprint density at radius 3 is 2.30 bits per heavy atom. The van der Waals surface area contributed by atoms with Crippen LogP contribution in [0.4, 0.5) is 29.1 Å². The van der Waals surface area contributed by atoms with Gasteiger partial charge >= 0.3 is 5.97 Å². The normalized spacial score (nSPS) is 10.4. The van der Waals surface area contributed by atoms with Crippen LogP contribution in [0.25, 0.3) is 0 Å². The number of carbonyl (C=O) groups is 1. The van der Waals surface area contributed by atoms with Gasteiger partial charge in [-0.15, -0.1) is 0 Å². The van der Waals surface area contributed by atoms with Crippen LogP contribution in [0.1, 0.15) is 10.4 Å². The predicted molar refractivity (Wildman–Crippen MR) is 60.8 cm³/mol. The Balaban J connectivity index is 2.54. The number of anilines is 2. The molecule has 4 nitrogen and oxygen atoms in total. The van der Waals surface area contributed by atoms with Crippen LogP contribution in [-0.4, -0.2) is 16.1 Å². The van der Waals surface area contributed by atoms with Crippen molar-refractivity contribution in [3.8, 4) is 0 Å². The first-order valence-corrected chi connectivity index (χ1v) is 5.20. The van der Waals surface area contributed by atoms with E-state index in [2.05, 4.69) is 4.98 Å². The lowest BCUT2D eigenvalue weighted by Gasteiger charge is -2.10. The van der Waals surface area contributed by atoms with Crippen molar-refractivity contribution in [2.45, 2.75) is 0 Å². The molecule has 1 heterocycles. The third-order valence-corrected chi connectivity index (χ3v) is 2.39. The van der Waals surface area contributed by atoms with Crippen molar-refractivity contribution < 1.29 is 27.5 Å². The summed E-state index contributed by atoms with van der Waals surface area (Å²) >= 11 is 0. The molecule has 0 radical (unpaired) electrons. The molecule has 1 aromatic heterocycles. The van der Waals surface area contributed by atoms with Gasteiger partial charge in [-0.25, -0.2) is 27.3 Å². The maximum Gasteiger partial charge on any atom is 0.339 e. The van der Waals surface area contributed by atoms with Crippen LogP contribution in [0.3, 0.4) is 0 Å². The molecule has 0 saturated heterocycles. The first-order valence-electron chi connectivity index (χ1n) is 5.20. The average Bonchev–Trinajstić information content (AvgIpc) is 2.41. The second-order valence-electron chi connectivity index (χ2n) is 3.67. The molecule has 20 heavy (non-hydrogen) atoms. The molecule has 2 N–H and O–H groups in total. The van der Waals surface area contributed by atoms with E-state index in [0.717, 1.165) is 12.3 Å². The Labute approximate surface area is 109 Å². The van der Waals surface area contributed by atoms with Gasteiger partial charge in [0.1, 0.15) is 17.1 Å². The van der Waals surface area contributed by atoms with E-state index in [1.807, 2.05) is 5.32 Å². The maximum absolute atomic E-state index is 13.4. The Morgan fingerprint density at radius 2 is 1.75 bits per heavy atom. The van der Waals surface area contributed by atoms with Gasteiger partial charge in [0.25, 0.3) is 0 Å². The van der Waals surface area contributed by atoms with Gasteiger partial charge in [-0.2, -0.15) is 0 Å². The van der Waals surface area contributed by atoms with Crippen molar-refractivity contribution in [2.24, 2.45) is 0 Å². The number of aromatic carboxylic acids is 1. The number of nitrogens with one attached hydrogen (secondary N) is 1. The van der Waals surface area contributed by atoms with Crippen LogP contribution in [0.5, 0.6) is 0 Å². The van der Waals surface area contributed by atoms with E-state index in [-0.39, 0.29) is 6.07 Å². The van der Waals surface area contributed by atoms with Gasteiger partial charge in [-0.3, -0.25) is 0 Å². The fraction of sp³-hybridized carbons (Fsp3) is 0. The molecule has 8 heteroatoms. The Hall–Kier alpha value is -2.64. The molecule has 2 rings (SSSR count). The van der Waals surface area contributed by atoms with Crippen LogP contribution in [0.15, 0.2) is 24.4 Å². The maximum atomic E-state index is 13.4. The van der Waals surface area contributed by atoms with Gasteiger partial charge in [0.05, 0.1) is 0 Å². The molecule has 0 saturated carbocycles. The molecular weight excluding hydrogens is 280 g/mol. The lowest BCUT2D eigenvalue weighted by Crippen LogP contribution is -2.08. The fourth-order valence-electron chi connectivity index (χ4n) is 1.48. The zero-order valence-corrected chi connectivity index (χ0v) is 9.62. The van der Waals surface area contributed by atoms with Crippen LogP contribution in [0.2, 0.25) is 0 Å². The number of carboxylic acids is 1. The quantitative estimate of drug-likeness (QED) is 0.672. The summed E-state index contributed by atoms with van der Waals surface area (Å²) in [5.41, 5.74) is -1.56. The zero-order chi connectivity index (χ0) is 14.9. The lowest BCUT2D eigenvalue weighted by atomic mass is 10.2. The highest BCUT2D eigenvalue weighted by Gasteiger charge is 2.21. The lowest BCUT2D eigenvalue weighted by molar-refractivity contribution is 0.0697. The molecule has 0 aliphatic rings. The molecule has 0 aliphatic carbocycles. The summed E-state index contributed by atoms with van der Waals surface area (Å²) in [6.45, 7) is 0. The molecule has 0 amide bonds. The second kappa shape index (κ2) is 5.16. The van der Waals surface area contributed by atoms with E-state index in [9.17, 15) is 22.4 Å². The molecule has 2 aromatic rings. The molecule has 0 fully saturated rings. The number of halogens is 4. The van der Waals surface area contributed by atoms with E-state index >= 15 is 0 Å². The van der Waals surface area contributed by atoms with Crippen molar-refractivity contribution in [3.63, 3.8) is 0 Å². The number of aromatic nitrogens is 1. The summed E-state index contributed by atoms with van der Waals surface area (Å²) < 4.78 is 52.9. The Bertz CT molecular complexity index is 665. The SMILES string of the molecule is O=C(O)c1cccnc1Nc1c(F)c(F)cc(F)c1F. The van der Waals surface area contributed by atoms with E-state index < -0.39 is 46.3 Å². The summed E-state index contributed by atoms with van der Waals surface area (Å²) in [4.78, 5) is 14.5. The van der Waals surface area contributed by atoms with Crippen molar-refractivity contribution >= 4 is 17.5 Å². The number of pyridine rings is 1. The highest BCUT2D eigenvalue weighted by molar-refractivity contribution is 5.93. The highest BCUT2D eigenvalue weighted by Crippen LogP contribution is 2.27. The van der Waals surface area contributed by atoms with Crippen molar-refractivity contribution in [3.05, 3.63) is 53.2 Å². The van der Waals surface area contributed by atoms with Crippen molar-refractivity contribution in [1.29, 1.82) is 0 Å². The summed E-state index contributed by atoms with van der Waals surface area (Å²) in [6.07, 6.45) is 1.15. The first kappa shape index (κ1) is 13.8. The van der Waals surface area contributed by atoms with Gasteiger partial charge in [0, 0.05) is 12.3 Å². The van der Waals surface area contributed by atoms with Crippen LogP contribution in [0, 0.1) is 23.3 Å².